The van der Waals surface area contributed by atoms with Crippen LogP contribution in [0.4, 0.5) is 0 Å². The summed E-state index contributed by atoms with van der Waals surface area (Å²) < 4.78 is 17.0. The summed E-state index contributed by atoms with van der Waals surface area (Å²) in [6, 6.07) is 0. The number of hydrogen-bond acceptors (Lipinski definition) is 6. The van der Waals surface area contributed by atoms with E-state index in [0.29, 0.717) is 19.3 Å². The van der Waals surface area contributed by atoms with Gasteiger partial charge in [0.2, 0.25) is 0 Å². The highest BCUT2D eigenvalue weighted by atomic mass is 16.6. The van der Waals surface area contributed by atoms with Crippen molar-refractivity contribution in [2.75, 3.05) is 13.2 Å². The smallest absolute Gasteiger partial charge is 0.306 e. The van der Waals surface area contributed by atoms with E-state index in [0.717, 1.165) is 75.5 Å². The molecule has 0 aromatic rings. The monoisotopic (exact) mass is 1030 g/mol. The van der Waals surface area contributed by atoms with Gasteiger partial charge in [0, 0.05) is 19.3 Å². The lowest BCUT2D eigenvalue weighted by molar-refractivity contribution is -0.167. The Bertz CT molecular complexity index is 1130. The molecule has 0 rings (SSSR count). The molecule has 0 spiro atoms. The molecule has 434 valence electrons. The molecular weight excluding hydrogens is 901 g/mol. The van der Waals surface area contributed by atoms with Crippen LogP contribution in [0.25, 0.3) is 0 Å². The molecule has 73 heavy (non-hydrogen) atoms. The van der Waals surface area contributed by atoms with E-state index in [4.69, 9.17) is 14.2 Å². The van der Waals surface area contributed by atoms with Crippen molar-refractivity contribution in [3.63, 3.8) is 0 Å². The number of ether oxygens (including phenoxy) is 3. The molecule has 0 saturated carbocycles. The van der Waals surface area contributed by atoms with E-state index in [1.807, 2.05) is 0 Å². The van der Waals surface area contributed by atoms with Crippen molar-refractivity contribution in [1.29, 1.82) is 0 Å². The molecule has 0 aliphatic heterocycles. The molecule has 0 N–H and O–H groups in total. The summed E-state index contributed by atoms with van der Waals surface area (Å²) in [5.41, 5.74) is 0. The average molecular weight is 1030 g/mol. The highest BCUT2D eigenvalue weighted by Gasteiger charge is 2.20. The average Bonchev–Trinajstić information content (AvgIpc) is 3.37. The molecule has 2 atom stereocenters. The van der Waals surface area contributed by atoms with Crippen LogP contribution in [0.5, 0.6) is 0 Å². The molecule has 0 aliphatic carbocycles. The molecule has 1 unspecified atom stereocenters. The zero-order valence-corrected chi connectivity index (χ0v) is 50.4. The van der Waals surface area contributed by atoms with Crippen LogP contribution in [-0.4, -0.2) is 37.2 Å². The third-order valence-electron chi connectivity index (χ3n) is 15.8. The van der Waals surface area contributed by atoms with Gasteiger partial charge in [-0.05, 0) is 37.0 Å². The van der Waals surface area contributed by atoms with E-state index in [9.17, 15) is 14.4 Å². The molecule has 0 heterocycles. The van der Waals surface area contributed by atoms with Crippen molar-refractivity contribution in [3.05, 3.63) is 0 Å². The van der Waals surface area contributed by atoms with Gasteiger partial charge >= 0.3 is 17.9 Å². The number of carbonyl (C=O) groups is 3. The summed E-state index contributed by atoms with van der Waals surface area (Å²) in [6.07, 6.45) is 63.9. The Morgan fingerprint density at radius 2 is 0.479 bits per heavy atom. The summed E-state index contributed by atoms with van der Waals surface area (Å²) in [5.74, 6) is 1.76. The van der Waals surface area contributed by atoms with Gasteiger partial charge in [0.25, 0.3) is 0 Å². The van der Waals surface area contributed by atoms with Crippen LogP contribution in [0.3, 0.4) is 0 Å². The Labute approximate surface area is 457 Å². The maximum Gasteiger partial charge on any atom is 0.306 e. The lowest BCUT2D eigenvalue weighted by Crippen LogP contribution is -2.30. The fourth-order valence-electron chi connectivity index (χ4n) is 10.4. The minimum atomic E-state index is -0.765. The van der Waals surface area contributed by atoms with Crippen LogP contribution in [0.1, 0.15) is 375 Å². The maximum absolute atomic E-state index is 12.9. The molecular formula is C67H130O6. The molecule has 0 fully saturated rings. The molecule has 0 amide bonds. The van der Waals surface area contributed by atoms with Crippen LogP contribution >= 0.6 is 0 Å². The van der Waals surface area contributed by atoms with Gasteiger partial charge in [0.15, 0.2) is 6.10 Å². The summed E-state index contributed by atoms with van der Waals surface area (Å²) in [5, 5.41) is 0. The van der Waals surface area contributed by atoms with Gasteiger partial charge in [-0.15, -0.1) is 0 Å². The number of unbranched alkanes of at least 4 members (excludes halogenated alkanes) is 42. The molecule has 0 aliphatic rings. The molecule has 0 bridgehead atoms. The lowest BCUT2D eigenvalue weighted by Gasteiger charge is -2.18. The van der Waals surface area contributed by atoms with Crippen molar-refractivity contribution >= 4 is 17.9 Å². The SMILES string of the molecule is CCC(C)CCCCCCCCCCCCCCCCC(=O)OC[C@H](COC(=O)CCCCCCCCCCCCCCCC(C)C)OC(=O)CCCCCCCCCCCCCCCCCCCCC(C)C. The number of esters is 3. The second-order valence-electron chi connectivity index (χ2n) is 24.3. The first-order chi connectivity index (χ1) is 35.6. The van der Waals surface area contributed by atoms with Crippen LogP contribution in [0, 0.1) is 17.8 Å². The van der Waals surface area contributed by atoms with Gasteiger partial charge < -0.3 is 14.2 Å². The van der Waals surface area contributed by atoms with E-state index >= 15 is 0 Å². The number of hydrogen-bond donors (Lipinski definition) is 0. The van der Waals surface area contributed by atoms with Crippen LogP contribution in [-0.2, 0) is 28.6 Å². The first-order valence-corrected chi connectivity index (χ1v) is 33.1. The van der Waals surface area contributed by atoms with Gasteiger partial charge in [0.05, 0.1) is 0 Å². The lowest BCUT2D eigenvalue weighted by atomic mass is 9.99. The fourth-order valence-corrected chi connectivity index (χ4v) is 10.4. The Morgan fingerprint density at radius 3 is 0.712 bits per heavy atom. The first-order valence-electron chi connectivity index (χ1n) is 33.1. The van der Waals surface area contributed by atoms with E-state index in [2.05, 4.69) is 41.5 Å². The predicted octanol–water partition coefficient (Wildman–Crippen LogP) is 22.2. The van der Waals surface area contributed by atoms with Gasteiger partial charge in [0.1, 0.15) is 13.2 Å². The Morgan fingerprint density at radius 1 is 0.274 bits per heavy atom. The quantitative estimate of drug-likeness (QED) is 0.0343. The Balaban J connectivity index is 4.29. The van der Waals surface area contributed by atoms with Gasteiger partial charge in [-0.1, -0.05) is 337 Å². The zero-order valence-electron chi connectivity index (χ0n) is 50.4. The molecule has 0 radical (unpaired) electrons. The van der Waals surface area contributed by atoms with E-state index in [1.165, 1.54) is 257 Å². The van der Waals surface area contributed by atoms with Crippen molar-refractivity contribution in [2.24, 2.45) is 17.8 Å². The Kier molecular flexibility index (Phi) is 56.8. The minimum absolute atomic E-state index is 0.0623. The van der Waals surface area contributed by atoms with Gasteiger partial charge in [-0.25, -0.2) is 0 Å². The molecule has 0 aromatic heterocycles. The highest BCUT2D eigenvalue weighted by molar-refractivity contribution is 5.71. The van der Waals surface area contributed by atoms with Crippen LogP contribution < -0.4 is 0 Å². The van der Waals surface area contributed by atoms with E-state index in [1.54, 1.807) is 0 Å². The van der Waals surface area contributed by atoms with Crippen LogP contribution in [0.2, 0.25) is 0 Å². The summed E-state index contributed by atoms with van der Waals surface area (Å²) in [6.45, 7) is 13.9. The maximum atomic E-state index is 12.9. The fraction of sp³-hybridized carbons (Fsp3) is 0.955. The third kappa shape index (κ3) is 59.5. The van der Waals surface area contributed by atoms with Crippen molar-refractivity contribution in [2.45, 2.75) is 382 Å². The van der Waals surface area contributed by atoms with Gasteiger partial charge in [-0.3, -0.25) is 14.4 Å². The Hall–Kier alpha value is -1.59. The largest absolute Gasteiger partial charge is 0.462 e. The number of rotatable bonds is 60. The molecule has 6 nitrogen and oxygen atoms in total. The minimum Gasteiger partial charge on any atom is -0.462 e. The first kappa shape index (κ1) is 71.4. The standard InChI is InChI=1S/C67H130O6/c1-7-63(6)55-49-43-37-31-25-19-14-15-20-26-32-38-44-50-56-65(68)71-59-64(60-72-66(69)57-51-45-39-33-27-22-16-18-24-30-36-42-48-54-62(4)5)73-67(70)58-52-46-40-34-28-21-13-11-9-8-10-12-17-23-29-35-41-47-53-61(2)3/h61-64H,7-60H2,1-6H3/t63?,64-/m1/s1. The van der Waals surface area contributed by atoms with Crippen molar-refractivity contribution in [3.8, 4) is 0 Å². The highest BCUT2D eigenvalue weighted by Crippen LogP contribution is 2.20. The van der Waals surface area contributed by atoms with Gasteiger partial charge in [-0.2, -0.15) is 0 Å². The second kappa shape index (κ2) is 58.1. The van der Waals surface area contributed by atoms with Crippen molar-refractivity contribution < 1.29 is 28.6 Å². The van der Waals surface area contributed by atoms with E-state index in [-0.39, 0.29) is 31.1 Å². The van der Waals surface area contributed by atoms with Crippen molar-refractivity contribution in [1.82, 2.24) is 0 Å². The molecule has 0 aromatic carbocycles. The third-order valence-corrected chi connectivity index (χ3v) is 15.8. The molecule has 0 saturated heterocycles. The number of carbonyl (C=O) groups excluding carboxylic acids is 3. The normalized spacial score (nSPS) is 12.5. The summed E-state index contributed by atoms with van der Waals surface area (Å²) in [7, 11) is 0. The van der Waals surface area contributed by atoms with E-state index < -0.39 is 6.10 Å². The zero-order chi connectivity index (χ0) is 53.3. The summed E-state index contributed by atoms with van der Waals surface area (Å²) in [4.78, 5) is 38.4. The molecule has 6 heteroatoms. The summed E-state index contributed by atoms with van der Waals surface area (Å²) >= 11 is 0. The topological polar surface area (TPSA) is 78.9 Å². The van der Waals surface area contributed by atoms with Crippen LogP contribution in [0.15, 0.2) is 0 Å². The predicted molar refractivity (Wildman–Crippen MR) is 316 cm³/mol. The second-order valence-corrected chi connectivity index (χ2v) is 24.3.